The van der Waals surface area contributed by atoms with Crippen molar-refractivity contribution in [2.75, 3.05) is 39.1 Å². The SMILES string of the molecule is CS(=O)(=O)NC[C@]12COC[C@H]1CN(Cc1ccsc1)C2. The largest absolute Gasteiger partial charge is 0.380 e. The third-order valence-corrected chi connectivity index (χ3v) is 5.67. The summed E-state index contributed by atoms with van der Waals surface area (Å²) in [6.45, 7) is 4.71. The lowest BCUT2D eigenvalue weighted by Crippen LogP contribution is -2.42. The number of nitrogens with zero attached hydrogens (tertiary/aromatic N) is 1. The zero-order valence-electron chi connectivity index (χ0n) is 11.5. The van der Waals surface area contributed by atoms with Crippen molar-refractivity contribution in [1.82, 2.24) is 9.62 Å². The third-order valence-electron chi connectivity index (χ3n) is 4.26. The molecule has 2 aliphatic rings. The Balaban J connectivity index is 1.67. The molecular formula is C13H20N2O3S2. The first-order chi connectivity index (χ1) is 9.47. The molecule has 7 heteroatoms. The number of likely N-dealkylation sites (tertiary alicyclic amines) is 1. The van der Waals surface area contributed by atoms with Gasteiger partial charge in [-0.2, -0.15) is 11.3 Å². The lowest BCUT2D eigenvalue weighted by Gasteiger charge is -2.27. The maximum absolute atomic E-state index is 11.3. The van der Waals surface area contributed by atoms with E-state index in [1.165, 1.54) is 11.8 Å². The monoisotopic (exact) mass is 316 g/mol. The van der Waals surface area contributed by atoms with Crippen LogP contribution in [0.25, 0.3) is 0 Å². The zero-order chi connectivity index (χ0) is 14.2. The van der Waals surface area contributed by atoms with Gasteiger partial charge in [0, 0.05) is 37.5 Å². The normalized spacial score (nSPS) is 30.8. The molecule has 0 amide bonds. The van der Waals surface area contributed by atoms with Gasteiger partial charge in [0.1, 0.15) is 0 Å². The molecule has 2 aliphatic heterocycles. The van der Waals surface area contributed by atoms with Crippen LogP contribution in [0.3, 0.4) is 0 Å². The Hall–Kier alpha value is -0.470. The summed E-state index contributed by atoms with van der Waals surface area (Å²) in [5.41, 5.74) is 1.28. The van der Waals surface area contributed by atoms with Crippen molar-refractivity contribution in [2.45, 2.75) is 6.54 Å². The Morgan fingerprint density at radius 1 is 1.60 bits per heavy atom. The molecule has 1 aromatic rings. The molecule has 5 nitrogen and oxygen atoms in total. The van der Waals surface area contributed by atoms with E-state index >= 15 is 0 Å². The fourth-order valence-corrected chi connectivity index (χ4v) is 4.44. The maximum atomic E-state index is 11.3. The molecule has 0 saturated carbocycles. The first-order valence-electron chi connectivity index (χ1n) is 6.73. The molecule has 0 aromatic carbocycles. The minimum atomic E-state index is -3.15. The molecule has 0 unspecified atom stereocenters. The molecule has 1 N–H and O–H groups in total. The molecule has 0 bridgehead atoms. The lowest BCUT2D eigenvalue weighted by molar-refractivity contribution is 0.128. The first-order valence-corrected chi connectivity index (χ1v) is 9.56. The van der Waals surface area contributed by atoms with Crippen LogP contribution in [-0.4, -0.2) is 52.4 Å². The van der Waals surface area contributed by atoms with Crippen molar-refractivity contribution in [3.8, 4) is 0 Å². The Labute approximate surface area is 124 Å². The molecular weight excluding hydrogens is 296 g/mol. The topological polar surface area (TPSA) is 58.6 Å². The van der Waals surface area contributed by atoms with Crippen LogP contribution in [0.15, 0.2) is 16.8 Å². The van der Waals surface area contributed by atoms with Crippen molar-refractivity contribution in [2.24, 2.45) is 11.3 Å². The van der Waals surface area contributed by atoms with Crippen molar-refractivity contribution in [3.05, 3.63) is 22.4 Å². The van der Waals surface area contributed by atoms with Crippen LogP contribution < -0.4 is 4.72 Å². The van der Waals surface area contributed by atoms with Crippen LogP contribution in [0.4, 0.5) is 0 Å². The average molecular weight is 316 g/mol. The number of thiophene rings is 1. The second-order valence-corrected chi connectivity index (χ2v) is 8.58. The van der Waals surface area contributed by atoms with E-state index in [-0.39, 0.29) is 5.41 Å². The highest BCUT2D eigenvalue weighted by atomic mass is 32.2. The number of ether oxygens (including phenoxy) is 1. The van der Waals surface area contributed by atoms with E-state index in [0.717, 1.165) is 26.2 Å². The summed E-state index contributed by atoms with van der Waals surface area (Å²) in [5, 5.41) is 4.27. The van der Waals surface area contributed by atoms with Crippen molar-refractivity contribution in [3.63, 3.8) is 0 Å². The maximum Gasteiger partial charge on any atom is 0.208 e. The van der Waals surface area contributed by atoms with E-state index in [0.29, 0.717) is 19.1 Å². The summed E-state index contributed by atoms with van der Waals surface area (Å²) in [7, 11) is -3.15. The van der Waals surface area contributed by atoms with Gasteiger partial charge in [0.2, 0.25) is 10.0 Å². The van der Waals surface area contributed by atoms with Crippen molar-refractivity contribution < 1.29 is 13.2 Å². The molecule has 0 aliphatic carbocycles. The molecule has 2 saturated heterocycles. The molecule has 3 heterocycles. The first kappa shape index (κ1) is 14.5. The van der Waals surface area contributed by atoms with Gasteiger partial charge in [-0.25, -0.2) is 13.1 Å². The van der Waals surface area contributed by atoms with E-state index in [4.69, 9.17) is 4.74 Å². The van der Waals surface area contributed by atoms with Crippen molar-refractivity contribution in [1.29, 1.82) is 0 Å². The van der Waals surface area contributed by atoms with Gasteiger partial charge in [-0.15, -0.1) is 0 Å². The molecule has 3 rings (SSSR count). The van der Waals surface area contributed by atoms with Crippen LogP contribution >= 0.6 is 11.3 Å². The number of sulfonamides is 1. The summed E-state index contributed by atoms with van der Waals surface area (Å²) in [6.07, 6.45) is 1.21. The highest BCUT2D eigenvalue weighted by Gasteiger charge is 2.50. The fourth-order valence-electron chi connectivity index (χ4n) is 3.23. The Bertz CT molecular complexity index is 558. The molecule has 0 radical (unpaired) electrons. The molecule has 1 aromatic heterocycles. The predicted molar refractivity (Wildman–Crippen MR) is 79.2 cm³/mol. The van der Waals surface area contributed by atoms with Gasteiger partial charge < -0.3 is 4.74 Å². The van der Waals surface area contributed by atoms with Crippen LogP contribution in [0, 0.1) is 11.3 Å². The van der Waals surface area contributed by atoms with Crippen molar-refractivity contribution >= 4 is 21.4 Å². The third kappa shape index (κ3) is 3.07. The average Bonchev–Trinajstić information content (AvgIpc) is 3.01. The number of rotatable bonds is 5. The van der Waals surface area contributed by atoms with Gasteiger partial charge in [0.15, 0.2) is 0 Å². The van der Waals surface area contributed by atoms with Gasteiger partial charge in [0.05, 0.1) is 19.5 Å². The van der Waals surface area contributed by atoms with Gasteiger partial charge >= 0.3 is 0 Å². The lowest BCUT2D eigenvalue weighted by atomic mass is 9.81. The summed E-state index contributed by atoms with van der Waals surface area (Å²) in [4.78, 5) is 2.42. The molecule has 2 atom stereocenters. The van der Waals surface area contributed by atoms with Crippen LogP contribution in [0.1, 0.15) is 5.56 Å². The second kappa shape index (κ2) is 5.38. The van der Waals surface area contributed by atoms with Gasteiger partial charge in [-0.3, -0.25) is 4.90 Å². The van der Waals surface area contributed by atoms with E-state index in [9.17, 15) is 8.42 Å². The second-order valence-electron chi connectivity index (χ2n) is 5.97. The van der Waals surface area contributed by atoms with Gasteiger partial charge in [0.25, 0.3) is 0 Å². The van der Waals surface area contributed by atoms with Crippen LogP contribution in [-0.2, 0) is 21.3 Å². The van der Waals surface area contributed by atoms with Crippen LogP contribution in [0.5, 0.6) is 0 Å². The van der Waals surface area contributed by atoms with E-state index in [2.05, 4.69) is 26.4 Å². The number of nitrogens with one attached hydrogen (secondary N) is 1. The van der Waals surface area contributed by atoms with E-state index in [1.807, 2.05) is 0 Å². The summed E-state index contributed by atoms with van der Waals surface area (Å²) in [6, 6.07) is 2.15. The predicted octanol–water partition coefficient (Wildman–Crippen LogP) is 0.746. The minimum Gasteiger partial charge on any atom is -0.380 e. The molecule has 20 heavy (non-hydrogen) atoms. The zero-order valence-corrected chi connectivity index (χ0v) is 13.2. The Morgan fingerprint density at radius 3 is 3.15 bits per heavy atom. The number of hydrogen-bond acceptors (Lipinski definition) is 5. The minimum absolute atomic E-state index is 0.0564. The quantitative estimate of drug-likeness (QED) is 0.871. The van der Waals surface area contributed by atoms with Crippen LogP contribution in [0.2, 0.25) is 0 Å². The van der Waals surface area contributed by atoms with Gasteiger partial charge in [-0.05, 0) is 22.4 Å². The van der Waals surface area contributed by atoms with E-state index < -0.39 is 10.0 Å². The smallest absolute Gasteiger partial charge is 0.208 e. The highest BCUT2D eigenvalue weighted by molar-refractivity contribution is 7.88. The summed E-state index contributed by atoms with van der Waals surface area (Å²) in [5.74, 6) is 0.426. The summed E-state index contributed by atoms with van der Waals surface area (Å²) < 4.78 is 31.0. The van der Waals surface area contributed by atoms with E-state index in [1.54, 1.807) is 11.3 Å². The molecule has 2 fully saturated rings. The van der Waals surface area contributed by atoms with Gasteiger partial charge in [-0.1, -0.05) is 0 Å². The number of hydrogen-bond donors (Lipinski definition) is 1. The Kier molecular flexibility index (Phi) is 3.89. The molecule has 112 valence electrons. The Morgan fingerprint density at radius 2 is 2.45 bits per heavy atom. The highest BCUT2D eigenvalue weighted by Crippen LogP contribution is 2.41. The molecule has 0 spiro atoms. The fraction of sp³-hybridized carbons (Fsp3) is 0.692. The number of fused-ring (bicyclic) bond motifs is 1. The standard InChI is InChI=1S/C13H20N2O3S2/c1-20(16,17)14-8-13-9-15(4-11-2-3-19-7-11)5-12(13)6-18-10-13/h2-3,7,12,14H,4-6,8-10H2,1H3/t12-,13+/m1/s1. The summed E-state index contributed by atoms with van der Waals surface area (Å²) >= 11 is 1.71.